The van der Waals surface area contributed by atoms with Crippen LogP contribution in [0.3, 0.4) is 0 Å². The molecular formula is C23H40N2O2. The summed E-state index contributed by atoms with van der Waals surface area (Å²) < 4.78 is 5.37. The average Bonchev–Trinajstić information content (AvgIpc) is 3.32. The van der Waals surface area contributed by atoms with Gasteiger partial charge in [-0.15, -0.1) is 0 Å². The Morgan fingerprint density at radius 2 is 1.56 bits per heavy atom. The van der Waals surface area contributed by atoms with Gasteiger partial charge in [-0.2, -0.15) is 0 Å². The van der Waals surface area contributed by atoms with E-state index in [2.05, 4.69) is 23.8 Å². The minimum atomic E-state index is -0.665. The quantitative estimate of drug-likeness (QED) is 0.378. The van der Waals surface area contributed by atoms with Crippen LogP contribution >= 0.6 is 0 Å². The molecule has 0 saturated carbocycles. The Kier molecular flexibility index (Phi) is 10.4. The molecule has 2 rings (SSSR count). The Morgan fingerprint density at radius 1 is 0.963 bits per heavy atom. The minimum absolute atomic E-state index is 0.622. The highest BCUT2D eigenvalue weighted by Gasteiger charge is 2.26. The molecule has 154 valence electrons. The normalized spacial score (nSPS) is 15.4. The lowest BCUT2D eigenvalue weighted by atomic mass is 10.1. The van der Waals surface area contributed by atoms with Gasteiger partial charge in [-0.3, -0.25) is 0 Å². The van der Waals surface area contributed by atoms with Crippen LogP contribution in [0.1, 0.15) is 95.8 Å². The molecule has 0 fully saturated rings. The molecule has 0 bridgehead atoms. The lowest BCUT2D eigenvalue weighted by molar-refractivity contribution is 0.142. The number of rotatable bonds is 15. The molecule has 2 heterocycles. The molecule has 1 atom stereocenters. The van der Waals surface area contributed by atoms with Gasteiger partial charge in [-0.1, -0.05) is 77.6 Å². The maximum absolute atomic E-state index is 10.6. The van der Waals surface area contributed by atoms with Gasteiger partial charge in [0.25, 0.3) is 0 Å². The molecule has 27 heavy (non-hydrogen) atoms. The Balaban J connectivity index is 1.52. The topological polar surface area (TPSA) is 39.9 Å². The summed E-state index contributed by atoms with van der Waals surface area (Å²) in [4.78, 5) is 4.41. The van der Waals surface area contributed by atoms with E-state index in [-0.39, 0.29) is 0 Å². The molecule has 0 aromatic carbocycles. The molecule has 4 heteroatoms. The summed E-state index contributed by atoms with van der Waals surface area (Å²) in [6, 6.07) is 3.67. The van der Waals surface area contributed by atoms with Crippen molar-refractivity contribution in [1.82, 2.24) is 9.80 Å². The molecule has 0 radical (unpaired) electrons. The Labute approximate surface area is 166 Å². The Hall–Kier alpha value is -1.42. The van der Waals surface area contributed by atoms with Crippen molar-refractivity contribution < 1.29 is 9.52 Å². The van der Waals surface area contributed by atoms with Crippen molar-refractivity contribution in [3.8, 4) is 0 Å². The van der Waals surface area contributed by atoms with Gasteiger partial charge in [0, 0.05) is 19.8 Å². The lowest BCUT2D eigenvalue weighted by Crippen LogP contribution is -2.28. The molecule has 0 spiro atoms. The number of hydrogen-bond donors (Lipinski definition) is 1. The van der Waals surface area contributed by atoms with E-state index in [1.54, 1.807) is 6.26 Å². The predicted octanol–water partition coefficient (Wildman–Crippen LogP) is 6.06. The number of hydrogen-bond acceptors (Lipinski definition) is 4. The number of furan rings is 1. The molecule has 1 aliphatic heterocycles. The van der Waals surface area contributed by atoms with E-state index in [4.69, 9.17) is 4.42 Å². The molecule has 0 amide bonds. The van der Waals surface area contributed by atoms with Gasteiger partial charge in [-0.25, -0.2) is 0 Å². The highest BCUT2D eigenvalue weighted by atomic mass is 16.4. The van der Waals surface area contributed by atoms with Crippen molar-refractivity contribution in [2.45, 2.75) is 90.1 Å². The highest BCUT2D eigenvalue weighted by Crippen LogP contribution is 2.29. The molecule has 0 saturated heterocycles. The molecule has 1 N–H and O–H groups in total. The Morgan fingerprint density at radius 3 is 2.11 bits per heavy atom. The number of aliphatic hydroxyl groups is 1. The third-order valence-electron chi connectivity index (χ3n) is 5.49. The summed E-state index contributed by atoms with van der Waals surface area (Å²) in [7, 11) is 2.05. The summed E-state index contributed by atoms with van der Waals surface area (Å²) >= 11 is 0. The largest absolute Gasteiger partial charge is 0.466 e. The zero-order chi connectivity index (χ0) is 19.3. The summed E-state index contributed by atoms with van der Waals surface area (Å²) in [6.45, 7) is 4.14. The van der Waals surface area contributed by atoms with Crippen molar-refractivity contribution in [3.63, 3.8) is 0 Å². The van der Waals surface area contributed by atoms with E-state index in [1.165, 1.54) is 77.0 Å². The van der Waals surface area contributed by atoms with E-state index < -0.39 is 6.10 Å². The van der Waals surface area contributed by atoms with Gasteiger partial charge < -0.3 is 19.3 Å². The van der Waals surface area contributed by atoms with E-state index in [0.29, 0.717) is 5.76 Å². The zero-order valence-electron chi connectivity index (χ0n) is 17.5. The van der Waals surface area contributed by atoms with Crippen molar-refractivity contribution in [2.24, 2.45) is 0 Å². The Bertz CT molecular complexity index is 512. The van der Waals surface area contributed by atoms with Gasteiger partial charge in [0.1, 0.15) is 5.76 Å². The fourth-order valence-corrected chi connectivity index (χ4v) is 3.88. The summed E-state index contributed by atoms with van der Waals surface area (Å²) in [6.07, 6.45) is 19.4. The molecule has 4 nitrogen and oxygen atoms in total. The summed E-state index contributed by atoms with van der Waals surface area (Å²) in [5.41, 5.74) is 0.954. The second-order valence-corrected chi connectivity index (χ2v) is 8.02. The van der Waals surface area contributed by atoms with Crippen LogP contribution in [0.15, 0.2) is 34.7 Å². The maximum atomic E-state index is 10.6. The standard InChI is InChI=1S/C23H40N2O2/c1-3-4-5-6-7-8-9-10-11-12-13-14-17-25-20-24(2)19-21(25)23(26)22-16-15-18-27-22/h15-16,18-19,23,26H,3-14,17,20H2,1-2H3. The second kappa shape index (κ2) is 12.9. The first-order chi connectivity index (χ1) is 13.2. The third-order valence-corrected chi connectivity index (χ3v) is 5.49. The molecular weight excluding hydrogens is 336 g/mol. The van der Waals surface area contributed by atoms with Crippen molar-refractivity contribution in [3.05, 3.63) is 36.1 Å². The highest BCUT2D eigenvalue weighted by molar-refractivity contribution is 5.19. The van der Waals surface area contributed by atoms with Crippen LogP contribution in [0.25, 0.3) is 0 Å². The van der Waals surface area contributed by atoms with Crippen molar-refractivity contribution in [2.75, 3.05) is 20.3 Å². The van der Waals surface area contributed by atoms with E-state index >= 15 is 0 Å². The predicted molar refractivity (Wildman–Crippen MR) is 112 cm³/mol. The second-order valence-electron chi connectivity index (χ2n) is 8.02. The van der Waals surface area contributed by atoms with Crippen LogP contribution in [0.2, 0.25) is 0 Å². The molecule has 1 aromatic heterocycles. The fraction of sp³-hybridized carbons (Fsp3) is 0.739. The van der Waals surface area contributed by atoms with Crippen LogP contribution in [0.5, 0.6) is 0 Å². The first kappa shape index (κ1) is 21.9. The lowest BCUT2D eigenvalue weighted by Gasteiger charge is -2.24. The average molecular weight is 377 g/mol. The molecule has 1 unspecified atom stereocenters. The van der Waals surface area contributed by atoms with Gasteiger partial charge >= 0.3 is 0 Å². The monoisotopic (exact) mass is 376 g/mol. The number of unbranched alkanes of at least 4 members (excludes halogenated alkanes) is 11. The van der Waals surface area contributed by atoms with E-state index in [0.717, 1.165) is 18.9 Å². The number of nitrogens with zero attached hydrogens (tertiary/aromatic N) is 2. The smallest absolute Gasteiger partial charge is 0.153 e. The van der Waals surface area contributed by atoms with Gasteiger partial charge in [0.15, 0.2) is 6.10 Å². The van der Waals surface area contributed by atoms with Crippen LogP contribution in [0, 0.1) is 0 Å². The summed E-state index contributed by atoms with van der Waals surface area (Å²) in [5.74, 6) is 0.622. The van der Waals surface area contributed by atoms with Crippen molar-refractivity contribution in [1.29, 1.82) is 0 Å². The number of aliphatic hydroxyl groups excluding tert-OH is 1. The van der Waals surface area contributed by atoms with E-state index in [9.17, 15) is 5.11 Å². The van der Waals surface area contributed by atoms with Crippen LogP contribution < -0.4 is 0 Å². The van der Waals surface area contributed by atoms with Crippen LogP contribution in [0.4, 0.5) is 0 Å². The molecule has 0 aliphatic carbocycles. The van der Waals surface area contributed by atoms with Gasteiger partial charge in [-0.05, 0) is 18.6 Å². The third kappa shape index (κ3) is 8.00. The zero-order valence-corrected chi connectivity index (χ0v) is 17.5. The first-order valence-corrected chi connectivity index (χ1v) is 11.1. The van der Waals surface area contributed by atoms with E-state index in [1.807, 2.05) is 18.3 Å². The van der Waals surface area contributed by atoms with Gasteiger partial charge in [0.05, 0.1) is 18.6 Å². The molecule has 1 aromatic rings. The van der Waals surface area contributed by atoms with Crippen LogP contribution in [-0.2, 0) is 0 Å². The first-order valence-electron chi connectivity index (χ1n) is 11.1. The van der Waals surface area contributed by atoms with Crippen molar-refractivity contribution >= 4 is 0 Å². The fourth-order valence-electron chi connectivity index (χ4n) is 3.88. The minimum Gasteiger partial charge on any atom is -0.466 e. The summed E-state index contributed by atoms with van der Waals surface area (Å²) in [5, 5.41) is 10.6. The molecule has 1 aliphatic rings. The van der Waals surface area contributed by atoms with Gasteiger partial charge in [0.2, 0.25) is 0 Å². The SMILES string of the molecule is CCCCCCCCCCCCCCN1CN(C)C=C1C(O)c1ccco1. The van der Waals surface area contributed by atoms with Crippen LogP contribution in [-0.4, -0.2) is 35.2 Å². The maximum Gasteiger partial charge on any atom is 0.153 e.